The third kappa shape index (κ3) is 10.7. The predicted molar refractivity (Wildman–Crippen MR) is 265 cm³/mol. The van der Waals surface area contributed by atoms with Gasteiger partial charge >= 0.3 is 0 Å². The highest BCUT2D eigenvalue weighted by molar-refractivity contribution is 6.15. The number of benzene rings is 5. The molecule has 0 spiro atoms. The average molecular weight is 950 g/mol. The molecular formula is C53H55N7O10. The molecule has 3 aliphatic heterocycles. The minimum Gasteiger partial charge on any atom is -0.493 e. The maximum Gasteiger partial charge on any atom is 0.261 e. The molecule has 8 rings (SSSR count). The lowest BCUT2D eigenvalue weighted by atomic mass is 10.1. The first-order valence-electron chi connectivity index (χ1n) is 23.1. The lowest BCUT2D eigenvalue weighted by molar-refractivity contribution is -0.128. The maximum absolute atomic E-state index is 14.0. The van der Waals surface area contributed by atoms with Gasteiger partial charge in [0.1, 0.15) is 25.5 Å². The summed E-state index contributed by atoms with van der Waals surface area (Å²) in [5.41, 5.74) is 7.25. The Labute approximate surface area is 405 Å². The van der Waals surface area contributed by atoms with Crippen LogP contribution in [-0.2, 0) is 45.2 Å². The smallest absolute Gasteiger partial charge is 0.261 e. The number of rotatable bonds is 20. The largest absolute Gasteiger partial charge is 0.493 e. The molecule has 3 heterocycles. The zero-order valence-electron chi connectivity index (χ0n) is 39.5. The number of nitrogens with zero attached hydrogens (tertiary/aromatic N) is 3. The van der Waals surface area contributed by atoms with Crippen molar-refractivity contribution in [1.29, 1.82) is 0 Å². The molecule has 2 atom stereocenters. The number of methoxy groups -OCH3 is 2. The zero-order chi connectivity index (χ0) is 49.3. The summed E-state index contributed by atoms with van der Waals surface area (Å²) >= 11 is 0. The van der Waals surface area contributed by atoms with E-state index in [1.807, 2.05) is 54.6 Å². The van der Waals surface area contributed by atoms with Crippen LogP contribution in [0.2, 0.25) is 0 Å². The highest BCUT2D eigenvalue weighted by atomic mass is 16.5. The molecule has 5 aromatic rings. The van der Waals surface area contributed by atoms with E-state index in [1.165, 1.54) is 21.1 Å². The van der Waals surface area contributed by atoms with Crippen molar-refractivity contribution in [3.63, 3.8) is 0 Å². The SMILES string of the molecule is CNc1cc(OCc2cc(COc3cc4c(cc3OC)C(=O)N3c5ccccc5CC3C=N4)cc(NC(=O)C(C)NC(=O)CNC(=O)CCCCC=O)c2)c(OC)cc1C(=O)N1CCc2ccccc21. The van der Waals surface area contributed by atoms with Gasteiger partial charge < -0.3 is 49.9 Å². The standard InChI is InChI=1S/C53H55N7O10/c1-32(57-50(63)29-56-49(62)16-6-5-11-19-61)51(64)58-37-21-33(30-69-47-26-41(54-2)39(24-45(47)67-3)52(65)59-18-17-35-12-7-9-14-43(35)59)20-34(22-37)31-70-48-27-42-40(25-46(48)68-4)53(66)60-38(28-55-42)23-36-13-8-10-15-44(36)60/h7-10,12-15,19-22,24-28,32,38,54H,5-6,11,16-18,23,29-31H2,1-4H3,(H,56,62)(H,57,63)(H,58,64). The van der Waals surface area contributed by atoms with Crippen molar-refractivity contribution in [2.75, 3.05) is 54.8 Å². The summed E-state index contributed by atoms with van der Waals surface area (Å²) in [6, 6.07) is 26.4. The Morgan fingerprint density at radius 2 is 1.50 bits per heavy atom. The van der Waals surface area contributed by atoms with Crippen LogP contribution >= 0.6 is 0 Å². The monoisotopic (exact) mass is 949 g/mol. The molecule has 5 aromatic carbocycles. The van der Waals surface area contributed by atoms with Crippen LogP contribution in [0.4, 0.5) is 28.4 Å². The fourth-order valence-electron chi connectivity index (χ4n) is 8.81. The van der Waals surface area contributed by atoms with Crippen LogP contribution in [0.3, 0.4) is 0 Å². The second-order valence-electron chi connectivity index (χ2n) is 17.1. The van der Waals surface area contributed by atoms with Crippen LogP contribution in [0.1, 0.15) is 75.6 Å². The number of para-hydroxylation sites is 2. The third-order valence-corrected chi connectivity index (χ3v) is 12.4. The molecule has 0 fully saturated rings. The molecule has 0 bridgehead atoms. The number of aliphatic imine (C=N–C) groups is 1. The lowest BCUT2D eigenvalue weighted by Gasteiger charge is -2.22. The van der Waals surface area contributed by atoms with Gasteiger partial charge in [-0.2, -0.15) is 0 Å². The summed E-state index contributed by atoms with van der Waals surface area (Å²) < 4.78 is 24.3. The van der Waals surface area contributed by atoms with Gasteiger partial charge in [0.15, 0.2) is 23.0 Å². The number of nitrogens with one attached hydrogen (secondary N) is 4. The summed E-state index contributed by atoms with van der Waals surface area (Å²) in [6.45, 7) is 1.72. The summed E-state index contributed by atoms with van der Waals surface area (Å²) in [5, 5.41) is 11.2. The zero-order valence-corrected chi connectivity index (χ0v) is 39.5. The van der Waals surface area contributed by atoms with Crippen LogP contribution in [0.25, 0.3) is 0 Å². The average Bonchev–Trinajstić information content (AvgIpc) is 3.95. The second-order valence-corrected chi connectivity index (χ2v) is 17.1. The molecule has 0 aromatic heterocycles. The molecule has 70 heavy (non-hydrogen) atoms. The molecule has 4 N–H and O–H groups in total. The van der Waals surface area contributed by atoms with Gasteiger partial charge in [0.05, 0.1) is 49.3 Å². The number of unbranched alkanes of at least 4 members (excludes halogenated alkanes) is 2. The Morgan fingerprint density at radius 3 is 2.21 bits per heavy atom. The van der Waals surface area contributed by atoms with Gasteiger partial charge in [-0.25, -0.2) is 0 Å². The number of amides is 5. The molecule has 2 unspecified atom stereocenters. The molecular weight excluding hydrogens is 895 g/mol. The van der Waals surface area contributed by atoms with Crippen molar-refractivity contribution in [3.05, 3.63) is 124 Å². The number of ether oxygens (including phenoxy) is 4. The minimum atomic E-state index is -0.993. The first kappa shape index (κ1) is 48.3. The lowest BCUT2D eigenvalue weighted by Crippen LogP contribution is -2.45. The van der Waals surface area contributed by atoms with E-state index in [9.17, 15) is 28.8 Å². The summed E-state index contributed by atoms with van der Waals surface area (Å²) in [7, 11) is 4.72. The van der Waals surface area contributed by atoms with Crippen molar-refractivity contribution in [3.8, 4) is 23.0 Å². The topological polar surface area (TPSA) is 206 Å². The number of hydrogen-bond donors (Lipinski definition) is 4. The van der Waals surface area contributed by atoms with Gasteiger partial charge in [-0.05, 0) is 90.9 Å². The van der Waals surface area contributed by atoms with E-state index in [2.05, 4.69) is 21.3 Å². The van der Waals surface area contributed by atoms with Gasteiger partial charge in [-0.15, -0.1) is 0 Å². The van der Waals surface area contributed by atoms with Crippen molar-refractivity contribution < 1.29 is 47.7 Å². The molecule has 5 amide bonds. The van der Waals surface area contributed by atoms with Crippen LogP contribution < -0.4 is 50.0 Å². The van der Waals surface area contributed by atoms with Gasteiger partial charge in [-0.3, -0.25) is 33.9 Å². The second kappa shape index (κ2) is 21.8. The van der Waals surface area contributed by atoms with E-state index in [4.69, 9.17) is 23.9 Å². The quantitative estimate of drug-likeness (QED) is 0.0477. The van der Waals surface area contributed by atoms with E-state index < -0.39 is 17.9 Å². The summed E-state index contributed by atoms with van der Waals surface area (Å²) in [4.78, 5) is 85.3. The Balaban J connectivity index is 1.01. The Bertz CT molecular complexity index is 2870. The summed E-state index contributed by atoms with van der Waals surface area (Å²) in [5.74, 6) is -0.448. The number of carbonyl (C=O) groups excluding carboxylic acids is 6. The number of anilines is 4. The molecule has 0 saturated carbocycles. The van der Waals surface area contributed by atoms with Crippen LogP contribution in [-0.4, -0.2) is 88.5 Å². The highest BCUT2D eigenvalue weighted by Gasteiger charge is 2.36. The fourth-order valence-corrected chi connectivity index (χ4v) is 8.81. The van der Waals surface area contributed by atoms with Crippen LogP contribution in [0, 0.1) is 0 Å². The molecule has 3 aliphatic rings. The van der Waals surface area contributed by atoms with E-state index in [-0.39, 0.29) is 49.9 Å². The Hall–Kier alpha value is -8.21. The third-order valence-electron chi connectivity index (χ3n) is 12.4. The number of carbonyl (C=O) groups is 6. The predicted octanol–water partition coefficient (Wildman–Crippen LogP) is 6.71. The van der Waals surface area contributed by atoms with Crippen molar-refractivity contribution in [2.24, 2.45) is 4.99 Å². The van der Waals surface area contributed by atoms with Gasteiger partial charge in [0.25, 0.3) is 11.8 Å². The molecule has 0 saturated heterocycles. The minimum absolute atomic E-state index is 0.00998. The van der Waals surface area contributed by atoms with E-state index in [0.717, 1.165) is 35.2 Å². The van der Waals surface area contributed by atoms with E-state index in [0.29, 0.717) is 94.5 Å². The molecule has 0 aliphatic carbocycles. The molecule has 17 heteroatoms. The van der Waals surface area contributed by atoms with Gasteiger partial charge in [-0.1, -0.05) is 36.4 Å². The van der Waals surface area contributed by atoms with Gasteiger partial charge in [0, 0.05) is 68.3 Å². The first-order chi connectivity index (χ1) is 34.0. The van der Waals surface area contributed by atoms with E-state index in [1.54, 1.807) is 59.5 Å². The molecule has 362 valence electrons. The van der Waals surface area contributed by atoms with E-state index >= 15 is 0 Å². The Morgan fingerprint density at radius 1 is 0.814 bits per heavy atom. The van der Waals surface area contributed by atoms with Gasteiger partial charge in [0.2, 0.25) is 17.7 Å². The van der Waals surface area contributed by atoms with Crippen LogP contribution in [0.5, 0.6) is 23.0 Å². The normalized spacial score (nSPS) is 14.5. The Kier molecular flexibility index (Phi) is 15.0. The van der Waals surface area contributed by atoms with Crippen LogP contribution in [0.15, 0.2) is 96.0 Å². The number of hydrogen-bond acceptors (Lipinski definition) is 12. The van der Waals surface area contributed by atoms with Crippen molar-refractivity contribution >= 4 is 70.5 Å². The van der Waals surface area contributed by atoms with Crippen molar-refractivity contribution in [1.82, 2.24) is 10.6 Å². The molecule has 0 radical (unpaired) electrons. The summed E-state index contributed by atoms with van der Waals surface area (Å²) in [6.07, 6.45) is 5.61. The molecule has 17 nitrogen and oxygen atoms in total. The van der Waals surface area contributed by atoms with Crippen molar-refractivity contribution in [2.45, 2.75) is 70.7 Å². The number of fused-ring (bicyclic) bond motifs is 5. The first-order valence-corrected chi connectivity index (χ1v) is 23.1. The number of aldehydes is 1. The highest BCUT2D eigenvalue weighted by Crippen LogP contribution is 2.42. The maximum atomic E-state index is 14.0. The fraction of sp³-hybridized carbons (Fsp3) is 0.302.